The Morgan fingerprint density at radius 3 is 2.50 bits per heavy atom. The number of aliphatic hydroxyl groups excluding tert-OH is 1. The lowest BCUT2D eigenvalue weighted by Crippen LogP contribution is -2.33. The Labute approximate surface area is 179 Å². The molecule has 0 radical (unpaired) electrons. The van der Waals surface area contributed by atoms with Crippen molar-refractivity contribution < 1.29 is 14.3 Å². The van der Waals surface area contributed by atoms with Crippen molar-refractivity contribution in [2.45, 2.75) is 17.5 Å². The van der Waals surface area contributed by atoms with Crippen LogP contribution in [0.15, 0.2) is 88.5 Å². The third-order valence-corrected chi connectivity index (χ3v) is 5.62. The van der Waals surface area contributed by atoms with Gasteiger partial charge in [0.05, 0.1) is 6.61 Å². The number of hydrogen-bond donors (Lipinski definition) is 1. The molecule has 152 valence electrons. The van der Waals surface area contributed by atoms with Crippen LogP contribution in [0.2, 0.25) is 0 Å². The SMILES string of the molecule is O=C(c1ccccc1CSc1nc2ccccc2o1)N(CCO)Cc1ccccc1. The Bertz CT molecular complexity index is 1090. The minimum atomic E-state index is -0.0957. The highest BCUT2D eigenvalue weighted by atomic mass is 32.2. The lowest BCUT2D eigenvalue weighted by Gasteiger charge is -2.23. The lowest BCUT2D eigenvalue weighted by molar-refractivity contribution is 0.0707. The molecule has 1 heterocycles. The number of thioether (sulfide) groups is 1. The summed E-state index contributed by atoms with van der Waals surface area (Å²) in [6.07, 6.45) is 0. The smallest absolute Gasteiger partial charge is 0.257 e. The highest BCUT2D eigenvalue weighted by Gasteiger charge is 2.19. The molecule has 0 aliphatic carbocycles. The summed E-state index contributed by atoms with van der Waals surface area (Å²) in [6, 6.07) is 25.0. The van der Waals surface area contributed by atoms with Crippen LogP contribution in [-0.2, 0) is 12.3 Å². The van der Waals surface area contributed by atoms with Crippen LogP contribution in [0.3, 0.4) is 0 Å². The standard InChI is InChI=1S/C24H22N2O3S/c27-15-14-26(16-18-8-2-1-3-9-18)23(28)20-11-5-4-10-19(20)17-30-24-25-21-12-6-7-13-22(21)29-24/h1-13,27H,14-17H2. The first-order chi connectivity index (χ1) is 14.7. The van der Waals surface area contributed by atoms with Gasteiger partial charge in [-0.2, -0.15) is 0 Å². The molecule has 0 spiro atoms. The number of oxazole rings is 1. The van der Waals surface area contributed by atoms with E-state index >= 15 is 0 Å². The summed E-state index contributed by atoms with van der Waals surface area (Å²) in [4.78, 5) is 19.4. The molecule has 0 aliphatic heterocycles. The molecule has 4 rings (SSSR count). The molecule has 0 saturated carbocycles. The van der Waals surface area contributed by atoms with Gasteiger partial charge in [0.2, 0.25) is 0 Å². The van der Waals surface area contributed by atoms with Gasteiger partial charge in [-0.05, 0) is 29.3 Å². The van der Waals surface area contributed by atoms with E-state index in [0.717, 1.165) is 22.2 Å². The number of rotatable bonds is 8. The molecule has 5 nitrogen and oxygen atoms in total. The van der Waals surface area contributed by atoms with Crippen LogP contribution in [-0.4, -0.2) is 34.0 Å². The number of aromatic nitrogens is 1. The van der Waals surface area contributed by atoms with E-state index < -0.39 is 0 Å². The first kappa shape index (κ1) is 20.2. The average Bonchev–Trinajstić information content (AvgIpc) is 3.21. The molecule has 1 aromatic heterocycles. The predicted molar refractivity (Wildman–Crippen MR) is 118 cm³/mol. The van der Waals surface area contributed by atoms with Crippen LogP contribution in [0.5, 0.6) is 0 Å². The van der Waals surface area contributed by atoms with E-state index in [-0.39, 0.29) is 19.1 Å². The monoisotopic (exact) mass is 418 g/mol. The highest BCUT2D eigenvalue weighted by molar-refractivity contribution is 7.98. The van der Waals surface area contributed by atoms with Gasteiger partial charge in [0.25, 0.3) is 11.1 Å². The number of nitrogens with zero attached hydrogens (tertiary/aromatic N) is 2. The minimum Gasteiger partial charge on any atom is -0.431 e. The Balaban J connectivity index is 1.52. The molecule has 0 atom stereocenters. The minimum absolute atomic E-state index is 0.0849. The van der Waals surface area contributed by atoms with Gasteiger partial charge in [-0.1, -0.05) is 72.4 Å². The molecule has 30 heavy (non-hydrogen) atoms. The molecule has 6 heteroatoms. The van der Waals surface area contributed by atoms with Gasteiger partial charge in [-0.15, -0.1) is 0 Å². The van der Waals surface area contributed by atoms with E-state index in [1.165, 1.54) is 11.8 Å². The van der Waals surface area contributed by atoms with Gasteiger partial charge < -0.3 is 14.4 Å². The van der Waals surface area contributed by atoms with Crippen LogP contribution in [0, 0.1) is 0 Å². The summed E-state index contributed by atoms with van der Waals surface area (Å²) in [5, 5.41) is 10.1. The van der Waals surface area contributed by atoms with E-state index in [2.05, 4.69) is 4.98 Å². The molecule has 0 saturated heterocycles. The topological polar surface area (TPSA) is 66.6 Å². The van der Waals surface area contributed by atoms with Crippen LogP contribution in [0.4, 0.5) is 0 Å². The second-order valence-electron chi connectivity index (χ2n) is 6.83. The first-order valence-electron chi connectivity index (χ1n) is 9.75. The van der Waals surface area contributed by atoms with E-state index in [0.29, 0.717) is 23.1 Å². The van der Waals surface area contributed by atoms with Gasteiger partial charge in [-0.25, -0.2) is 4.98 Å². The summed E-state index contributed by atoms with van der Waals surface area (Å²) < 4.78 is 5.78. The number of carbonyl (C=O) groups is 1. The van der Waals surface area contributed by atoms with E-state index in [1.807, 2.05) is 78.9 Å². The zero-order valence-corrected chi connectivity index (χ0v) is 17.2. The third-order valence-electron chi connectivity index (χ3n) is 4.75. The van der Waals surface area contributed by atoms with Crippen molar-refractivity contribution in [2.75, 3.05) is 13.2 Å². The van der Waals surface area contributed by atoms with Crippen molar-refractivity contribution in [1.82, 2.24) is 9.88 Å². The number of fused-ring (bicyclic) bond motifs is 1. The maximum atomic E-state index is 13.3. The molecular formula is C24H22N2O3S. The van der Waals surface area contributed by atoms with Gasteiger partial charge in [-0.3, -0.25) is 4.79 Å². The summed E-state index contributed by atoms with van der Waals surface area (Å²) >= 11 is 1.46. The first-order valence-corrected chi connectivity index (χ1v) is 10.7. The number of para-hydroxylation sites is 2. The lowest BCUT2D eigenvalue weighted by atomic mass is 10.1. The fourth-order valence-corrected chi connectivity index (χ4v) is 4.10. The van der Waals surface area contributed by atoms with Gasteiger partial charge in [0.1, 0.15) is 5.52 Å². The Morgan fingerprint density at radius 1 is 0.967 bits per heavy atom. The van der Waals surface area contributed by atoms with Gasteiger partial charge in [0.15, 0.2) is 5.58 Å². The summed E-state index contributed by atoms with van der Waals surface area (Å²) in [7, 11) is 0. The fourth-order valence-electron chi connectivity index (χ4n) is 3.25. The molecule has 4 aromatic rings. The van der Waals surface area contributed by atoms with Crippen LogP contribution in [0.25, 0.3) is 11.1 Å². The second-order valence-corrected chi connectivity index (χ2v) is 7.76. The van der Waals surface area contributed by atoms with Gasteiger partial charge in [0, 0.05) is 24.4 Å². The third kappa shape index (κ3) is 4.72. The van der Waals surface area contributed by atoms with Crippen molar-refractivity contribution in [2.24, 2.45) is 0 Å². The van der Waals surface area contributed by atoms with Crippen molar-refractivity contribution in [3.05, 3.63) is 95.6 Å². The molecule has 1 N–H and O–H groups in total. The number of amides is 1. The number of aliphatic hydroxyl groups is 1. The maximum absolute atomic E-state index is 13.3. The van der Waals surface area contributed by atoms with Gasteiger partial charge >= 0.3 is 0 Å². The van der Waals surface area contributed by atoms with E-state index in [4.69, 9.17) is 4.42 Å². The Hall–Kier alpha value is -3.09. The quantitative estimate of drug-likeness (QED) is 0.418. The molecule has 3 aromatic carbocycles. The largest absolute Gasteiger partial charge is 0.431 e. The highest BCUT2D eigenvalue weighted by Crippen LogP contribution is 2.27. The van der Waals surface area contributed by atoms with E-state index in [9.17, 15) is 9.90 Å². The number of benzene rings is 3. The van der Waals surface area contributed by atoms with E-state index in [1.54, 1.807) is 4.90 Å². The molecule has 0 bridgehead atoms. The second kappa shape index (κ2) is 9.61. The van der Waals surface area contributed by atoms with Crippen molar-refractivity contribution in [3.8, 4) is 0 Å². The Morgan fingerprint density at radius 2 is 1.70 bits per heavy atom. The summed E-state index contributed by atoms with van der Waals surface area (Å²) in [6.45, 7) is 0.644. The molecule has 0 unspecified atom stereocenters. The van der Waals surface area contributed by atoms with Crippen LogP contribution in [0.1, 0.15) is 21.5 Å². The molecule has 0 aliphatic rings. The average molecular weight is 419 g/mol. The zero-order valence-electron chi connectivity index (χ0n) is 16.4. The number of hydrogen-bond acceptors (Lipinski definition) is 5. The predicted octanol–water partition coefficient (Wildman–Crippen LogP) is 4.75. The number of carbonyl (C=O) groups excluding carboxylic acids is 1. The summed E-state index contributed by atoms with van der Waals surface area (Å²) in [5.74, 6) is 0.467. The normalized spacial score (nSPS) is 11.0. The molecular weight excluding hydrogens is 396 g/mol. The van der Waals surface area contributed by atoms with Crippen LogP contribution >= 0.6 is 11.8 Å². The zero-order chi connectivity index (χ0) is 20.8. The molecule has 1 amide bonds. The van der Waals surface area contributed by atoms with Crippen molar-refractivity contribution >= 4 is 28.8 Å². The maximum Gasteiger partial charge on any atom is 0.257 e. The van der Waals surface area contributed by atoms with Crippen LogP contribution < -0.4 is 0 Å². The Kier molecular flexibility index (Phi) is 6.47. The summed E-state index contributed by atoms with van der Waals surface area (Å²) in [5.41, 5.74) is 4.14. The fraction of sp³-hybridized carbons (Fsp3) is 0.167. The molecule has 0 fully saturated rings. The van der Waals surface area contributed by atoms with Crippen molar-refractivity contribution in [1.29, 1.82) is 0 Å². The van der Waals surface area contributed by atoms with Crippen molar-refractivity contribution in [3.63, 3.8) is 0 Å².